The maximum atomic E-state index is 11.4. The third-order valence-corrected chi connectivity index (χ3v) is 2.68. The molecule has 5 heteroatoms. The first-order valence-corrected chi connectivity index (χ1v) is 6.13. The Morgan fingerprint density at radius 2 is 1.94 bits per heavy atom. The highest BCUT2D eigenvalue weighted by atomic mass is 79.9. The second-order valence-electron chi connectivity index (χ2n) is 3.45. The fraction of sp³-hybridized carbons (Fsp3) is 0.154. The number of halogens is 1. The van der Waals surface area contributed by atoms with Crippen LogP contribution in [0.1, 0.15) is 10.4 Å². The lowest BCUT2D eigenvalue weighted by atomic mass is 10.3. The van der Waals surface area contributed by atoms with Gasteiger partial charge in [-0.05, 0) is 30.3 Å². The smallest absolute Gasteiger partial charge is 0.341 e. The molecule has 0 saturated heterocycles. The zero-order valence-electron chi connectivity index (χ0n) is 9.47. The number of hydrogen-bond donors (Lipinski definition) is 0. The van der Waals surface area contributed by atoms with E-state index >= 15 is 0 Å². The molecule has 0 saturated carbocycles. The van der Waals surface area contributed by atoms with Crippen LogP contribution in [0.3, 0.4) is 0 Å². The lowest BCUT2D eigenvalue weighted by Crippen LogP contribution is -2.11. The first kappa shape index (κ1) is 12.7. The molecule has 0 N–H and O–H groups in total. The van der Waals surface area contributed by atoms with Gasteiger partial charge in [0.2, 0.25) is 0 Å². The molecule has 4 nitrogen and oxygen atoms in total. The second-order valence-corrected chi connectivity index (χ2v) is 4.37. The van der Waals surface area contributed by atoms with Crippen molar-refractivity contribution >= 4 is 21.9 Å². The molecular weight excluding hydrogens is 300 g/mol. The van der Waals surface area contributed by atoms with Gasteiger partial charge >= 0.3 is 5.97 Å². The molecule has 2 aromatic rings. The summed E-state index contributed by atoms with van der Waals surface area (Å²) in [6.07, 6.45) is 2.77. The van der Waals surface area contributed by atoms with Gasteiger partial charge in [0.25, 0.3) is 0 Å². The fourth-order valence-corrected chi connectivity index (χ4v) is 1.55. The summed E-state index contributed by atoms with van der Waals surface area (Å²) in [5.41, 5.74) is 0.402. The van der Waals surface area contributed by atoms with Crippen molar-refractivity contribution in [1.29, 1.82) is 0 Å². The molecule has 1 heterocycles. The predicted octanol–water partition coefficient (Wildman–Crippen LogP) is 3.28. The summed E-state index contributed by atoms with van der Waals surface area (Å²) in [5.74, 6) is 0.320. The fourth-order valence-electron chi connectivity index (χ4n) is 1.29. The summed E-state index contributed by atoms with van der Waals surface area (Å²) in [6.45, 7) is 0.505. The van der Waals surface area contributed by atoms with Gasteiger partial charge in [-0.3, -0.25) is 0 Å². The van der Waals surface area contributed by atoms with Gasteiger partial charge in [-0.2, -0.15) is 0 Å². The van der Waals surface area contributed by atoms with Gasteiger partial charge in [-0.15, -0.1) is 0 Å². The van der Waals surface area contributed by atoms with E-state index in [1.54, 1.807) is 6.07 Å². The molecule has 0 aliphatic carbocycles. The van der Waals surface area contributed by atoms with Gasteiger partial charge in [-0.25, -0.2) is 4.79 Å². The van der Waals surface area contributed by atoms with Gasteiger partial charge in [0.05, 0.1) is 11.8 Å². The Hall–Kier alpha value is -1.75. The molecular formula is C13H11BrO4. The Balaban J connectivity index is 1.70. The average Bonchev–Trinajstić information content (AvgIpc) is 2.90. The number of esters is 1. The van der Waals surface area contributed by atoms with Crippen LogP contribution in [-0.4, -0.2) is 19.2 Å². The highest BCUT2D eigenvalue weighted by molar-refractivity contribution is 9.10. The summed E-state index contributed by atoms with van der Waals surface area (Å²) < 4.78 is 16.2. The molecule has 2 rings (SSSR count). The zero-order valence-corrected chi connectivity index (χ0v) is 11.1. The molecule has 1 aromatic carbocycles. The van der Waals surface area contributed by atoms with Crippen molar-refractivity contribution in [2.75, 3.05) is 13.2 Å². The third-order valence-electron chi connectivity index (χ3n) is 2.16. The monoisotopic (exact) mass is 310 g/mol. The van der Waals surface area contributed by atoms with Gasteiger partial charge in [0, 0.05) is 4.47 Å². The van der Waals surface area contributed by atoms with Gasteiger partial charge in [-0.1, -0.05) is 15.9 Å². The lowest BCUT2D eigenvalue weighted by Gasteiger charge is -2.06. The largest absolute Gasteiger partial charge is 0.490 e. The zero-order chi connectivity index (χ0) is 12.8. The van der Waals surface area contributed by atoms with Crippen molar-refractivity contribution in [3.63, 3.8) is 0 Å². The quantitative estimate of drug-likeness (QED) is 0.628. The maximum absolute atomic E-state index is 11.4. The number of carbonyl (C=O) groups excluding carboxylic acids is 1. The Labute approximate surface area is 113 Å². The number of benzene rings is 1. The van der Waals surface area contributed by atoms with Gasteiger partial charge in [0.1, 0.15) is 25.2 Å². The summed E-state index contributed by atoms with van der Waals surface area (Å²) in [7, 11) is 0. The Bertz CT molecular complexity index is 490. The topological polar surface area (TPSA) is 48.7 Å². The molecule has 0 bridgehead atoms. The minimum atomic E-state index is -0.414. The summed E-state index contributed by atoms with van der Waals surface area (Å²) in [5, 5.41) is 0. The molecule has 0 fully saturated rings. The molecule has 0 unspecified atom stereocenters. The second kappa shape index (κ2) is 6.26. The molecule has 0 amide bonds. The van der Waals surface area contributed by atoms with Crippen LogP contribution in [0.2, 0.25) is 0 Å². The van der Waals surface area contributed by atoms with Crippen molar-refractivity contribution < 1.29 is 18.7 Å². The summed E-state index contributed by atoms with van der Waals surface area (Å²) in [4.78, 5) is 11.4. The Kier molecular flexibility index (Phi) is 4.41. The van der Waals surface area contributed by atoms with Crippen LogP contribution in [0.25, 0.3) is 0 Å². The van der Waals surface area contributed by atoms with Crippen LogP contribution in [0, 0.1) is 0 Å². The van der Waals surface area contributed by atoms with E-state index in [4.69, 9.17) is 13.9 Å². The van der Waals surface area contributed by atoms with E-state index in [9.17, 15) is 4.79 Å². The Morgan fingerprint density at radius 1 is 1.17 bits per heavy atom. The average molecular weight is 311 g/mol. The summed E-state index contributed by atoms with van der Waals surface area (Å²) in [6, 6.07) is 8.99. The van der Waals surface area contributed by atoms with E-state index in [2.05, 4.69) is 15.9 Å². The number of carbonyl (C=O) groups is 1. The van der Waals surface area contributed by atoms with Crippen LogP contribution in [-0.2, 0) is 4.74 Å². The number of hydrogen-bond acceptors (Lipinski definition) is 4. The highest BCUT2D eigenvalue weighted by Crippen LogP contribution is 2.15. The van der Waals surface area contributed by atoms with Crippen molar-refractivity contribution in [3.05, 3.63) is 52.9 Å². The molecule has 0 radical (unpaired) electrons. The lowest BCUT2D eigenvalue weighted by molar-refractivity contribution is 0.0449. The van der Waals surface area contributed by atoms with E-state index in [0.29, 0.717) is 12.2 Å². The van der Waals surface area contributed by atoms with Crippen LogP contribution in [0.5, 0.6) is 5.75 Å². The van der Waals surface area contributed by atoms with Gasteiger partial charge in [0.15, 0.2) is 0 Å². The van der Waals surface area contributed by atoms with E-state index in [1.807, 2.05) is 24.3 Å². The predicted molar refractivity (Wildman–Crippen MR) is 68.6 cm³/mol. The van der Waals surface area contributed by atoms with E-state index < -0.39 is 5.97 Å². The number of rotatable bonds is 5. The molecule has 0 aliphatic rings. The van der Waals surface area contributed by atoms with Gasteiger partial charge < -0.3 is 13.9 Å². The van der Waals surface area contributed by atoms with Crippen LogP contribution >= 0.6 is 15.9 Å². The molecule has 1 aromatic heterocycles. The van der Waals surface area contributed by atoms with Crippen LogP contribution in [0.15, 0.2) is 51.7 Å². The van der Waals surface area contributed by atoms with Crippen LogP contribution < -0.4 is 4.74 Å². The Morgan fingerprint density at radius 3 is 2.61 bits per heavy atom. The normalized spacial score (nSPS) is 10.1. The standard InChI is InChI=1S/C13H11BrO4/c14-11-1-3-12(4-2-11)17-7-8-18-13(15)10-5-6-16-9-10/h1-6,9H,7-8H2. The van der Waals surface area contributed by atoms with E-state index in [-0.39, 0.29) is 6.61 Å². The molecule has 0 atom stereocenters. The molecule has 0 spiro atoms. The molecule has 94 valence electrons. The number of ether oxygens (including phenoxy) is 2. The first-order chi connectivity index (χ1) is 8.75. The molecule has 0 aliphatic heterocycles. The third kappa shape index (κ3) is 3.63. The highest BCUT2D eigenvalue weighted by Gasteiger charge is 2.07. The minimum Gasteiger partial charge on any atom is -0.490 e. The van der Waals surface area contributed by atoms with Crippen molar-refractivity contribution in [2.45, 2.75) is 0 Å². The van der Waals surface area contributed by atoms with Crippen molar-refractivity contribution in [2.24, 2.45) is 0 Å². The van der Waals surface area contributed by atoms with Crippen LogP contribution in [0.4, 0.5) is 0 Å². The minimum absolute atomic E-state index is 0.195. The number of furan rings is 1. The SMILES string of the molecule is O=C(OCCOc1ccc(Br)cc1)c1ccoc1. The summed E-state index contributed by atoms with van der Waals surface area (Å²) >= 11 is 3.33. The van der Waals surface area contributed by atoms with Crippen molar-refractivity contribution in [3.8, 4) is 5.75 Å². The maximum Gasteiger partial charge on any atom is 0.341 e. The first-order valence-electron chi connectivity index (χ1n) is 5.33. The van der Waals surface area contributed by atoms with Crippen molar-refractivity contribution in [1.82, 2.24) is 0 Å². The molecule has 18 heavy (non-hydrogen) atoms. The van der Waals surface area contributed by atoms with E-state index in [1.165, 1.54) is 12.5 Å². The van der Waals surface area contributed by atoms with E-state index in [0.717, 1.165) is 10.2 Å².